The molecule has 2 nitrogen and oxygen atoms in total. The van der Waals surface area contributed by atoms with Gasteiger partial charge in [-0.3, -0.25) is 0 Å². The molecule has 0 rings (SSSR count). The minimum atomic E-state index is -0.151. The molecule has 0 aromatic rings. The lowest BCUT2D eigenvalue weighted by Gasteiger charge is -2.08. The van der Waals surface area contributed by atoms with Gasteiger partial charge in [0.25, 0.3) is 0 Å². The zero-order valence-electron chi connectivity index (χ0n) is 8.38. The van der Waals surface area contributed by atoms with E-state index in [0.29, 0.717) is 6.61 Å². The van der Waals surface area contributed by atoms with E-state index >= 15 is 0 Å². The molecule has 0 fully saturated rings. The molecule has 1 unspecified atom stereocenters. The third-order valence-electron chi connectivity index (χ3n) is 2.05. The van der Waals surface area contributed by atoms with Gasteiger partial charge in [-0.2, -0.15) is 0 Å². The Kier molecular flexibility index (Phi) is 8.95. The maximum absolute atomic E-state index is 9.40. The van der Waals surface area contributed by atoms with E-state index in [0.717, 1.165) is 19.3 Å². The predicted molar refractivity (Wildman–Crippen MR) is 51.3 cm³/mol. The molecule has 0 spiro atoms. The van der Waals surface area contributed by atoms with Crippen LogP contribution in [0.15, 0.2) is 0 Å². The number of unbranched alkanes of at least 4 members (excludes halogenated alkanes) is 3. The molecule has 0 saturated carbocycles. The number of aliphatic hydroxyl groups is 1. The van der Waals surface area contributed by atoms with Crippen LogP contribution >= 0.6 is 0 Å². The van der Waals surface area contributed by atoms with Gasteiger partial charge in [0.1, 0.15) is 0 Å². The van der Waals surface area contributed by atoms with Crippen LogP contribution < -0.4 is 0 Å². The molecule has 12 heavy (non-hydrogen) atoms. The minimum Gasteiger partial charge on any atom is -0.393 e. The Morgan fingerprint density at radius 3 is 2.50 bits per heavy atom. The van der Waals surface area contributed by atoms with E-state index in [2.05, 4.69) is 6.92 Å². The highest BCUT2D eigenvalue weighted by Gasteiger charge is 2.02. The van der Waals surface area contributed by atoms with Gasteiger partial charge in [-0.15, -0.1) is 0 Å². The standard InChI is InChI=1S/C10H22O2/c1-3-4-5-6-7-10(11)8-9-12-2/h10-11H,3-9H2,1-2H3. The monoisotopic (exact) mass is 174 g/mol. The lowest BCUT2D eigenvalue weighted by molar-refractivity contribution is 0.102. The summed E-state index contributed by atoms with van der Waals surface area (Å²) in [5.74, 6) is 0. The number of ether oxygens (including phenoxy) is 1. The summed E-state index contributed by atoms with van der Waals surface area (Å²) in [6.45, 7) is 2.87. The summed E-state index contributed by atoms with van der Waals surface area (Å²) < 4.78 is 4.88. The zero-order chi connectivity index (χ0) is 9.23. The highest BCUT2D eigenvalue weighted by molar-refractivity contribution is 4.55. The largest absolute Gasteiger partial charge is 0.393 e. The average molecular weight is 174 g/mol. The van der Waals surface area contributed by atoms with Gasteiger partial charge < -0.3 is 9.84 Å². The SMILES string of the molecule is CCCCCCC(O)CCOC. The quantitative estimate of drug-likeness (QED) is 0.572. The van der Waals surface area contributed by atoms with Gasteiger partial charge in [0.15, 0.2) is 0 Å². The smallest absolute Gasteiger partial charge is 0.0562 e. The highest BCUT2D eigenvalue weighted by Crippen LogP contribution is 2.07. The van der Waals surface area contributed by atoms with Gasteiger partial charge in [0.05, 0.1) is 6.10 Å². The molecule has 0 heterocycles. The van der Waals surface area contributed by atoms with Gasteiger partial charge in [-0.1, -0.05) is 32.6 Å². The van der Waals surface area contributed by atoms with Crippen molar-refractivity contribution < 1.29 is 9.84 Å². The van der Waals surface area contributed by atoms with Crippen LogP contribution in [-0.4, -0.2) is 24.9 Å². The first-order valence-electron chi connectivity index (χ1n) is 4.98. The van der Waals surface area contributed by atoms with Crippen LogP contribution in [0.4, 0.5) is 0 Å². The maximum Gasteiger partial charge on any atom is 0.0562 e. The molecule has 0 aliphatic heterocycles. The number of aliphatic hydroxyl groups excluding tert-OH is 1. The van der Waals surface area contributed by atoms with E-state index in [1.54, 1.807) is 7.11 Å². The van der Waals surface area contributed by atoms with E-state index in [4.69, 9.17) is 4.74 Å². The normalized spacial score (nSPS) is 13.2. The predicted octanol–water partition coefficient (Wildman–Crippen LogP) is 2.35. The van der Waals surface area contributed by atoms with Gasteiger partial charge in [-0.25, -0.2) is 0 Å². The molecule has 0 aromatic carbocycles. The van der Waals surface area contributed by atoms with Crippen LogP contribution in [0.1, 0.15) is 45.4 Å². The van der Waals surface area contributed by atoms with Crippen LogP contribution in [-0.2, 0) is 4.74 Å². The molecule has 1 atom stereocenters. The summed E-state index contributed by atoms with van der Waals surface area (Å²) >= 11 is 0. The van der Waals surface area contributed by atoms with E-state index in [1.807, 2.05) is 0 Å². The molecule has 0 radical (unpaired) electrons. The molecule has 0 aliphatic carbocycles. The Bertz CT molecular complexity index is 83.9. The second-order valence-electron chi connectivity index (χ2n) is 3.28. The molecular weight excluding hydrogens is 152 g/mol. The third-order valence-corrected chi connectivity index (χ3v) is 2.05. The summed E-state index contributed by atoms with van der Waals surface area (Å²) in [6.07, 6.45) is 6.51. The summed E-state index contributed by atoms with van der Waals surface area (Å²) in [6, 6.07) is 0. The Morgan fingerprint density at radius 1 is 1.17 bits per heavy atom. The Labute approximate surface area is 75.9 Å². The lowest BCUT2D eigenvalue weighted by Crippen LogP contribution is -2.09. The topological polar surface area (TPSA) is 29.5 Å². The van der Waals surface area contributed by atoms with Crippen LogP contribution in [0.3, 0.4) is 0 Å². The summed E-state index contributed by atoms with van der Waals surface area (Å²) in [7, 11) is 1.67. The fraction of sp³-hybridized carbons (Fsp3) is 1.00. The van der Waals surface area contributed by atoms with Crippen molar-refractivity contribution in [1.29, 1.82) is 0 Å². The fourth-order valence-electron chi connectivity index (χ4n) is 1.20. The summed E-state index contributed by atoms with van der Waals surface area (Å²) in [4.78, 5) is 0. The van der Waals surface area contributed by atoms with Crippen molar-refractivity contribution >= 4 is 0 Å². The van der Waals surface area contributed by atoms with Crippen molar-refractivity contribution in [3.05, 3.63) is 0 Å². The second-order valence-corrected chi connectivity index (χ2v) is 3.28. The van der Waals surface area contributed by atoms with Crippen molar-refractivity contribution in [3.63, 3.8) is 0 Å². The van der Waals surface area contributed by atoms with E-state index in [-0.39, 0.29) is 6.10 Å². The average Bonchev–Trinajstić information content (AvgIpc) is 2.09. The number of hydrogen-bond donors (Lipinski definition) is 1. The molecule has 2 heteroatoms. The first-order valence-corrected chi connectivity index (χ1v) is 4.98. The summed E-state index contributed by atoms with van der Waals surface area (Å²) in [5.41, 5.74) is 0. The van der Waals surface area contributed by atoms with Gasteiger partial charge in [0.2, 0.25) is 0 Å². The van der Waals surface area contributed by atoms with Crippen LogP contribution in [0.25, 0.3) is 0 Å². The van der Waals surface area contributed by atoms with Crippen molar-refractivity contribution in [2.24, 2.45) is 0 Å². The van der Waals surface area contributed by atoms with Crippen LogP contribution in [0, 0.1) is 0 Å². The molecule has 74 valence electrons. The number of hydrogen-bond acceptors (Lipinski definition) is 2. The first-order chi connectivity index (χ1) is 5.81. The Morgan fingerprint density at radius 2 is 1.92 bits per heavy atom. The fourth-order valence-corrected chi connectivity index (χ4v) is 1.20. The van der Waals surface area contributed by atoms with Gasteiger partial charge in [0, 0.05) is 13.7 Å². The maximum atomic E-state index is 9.40. The van der Waals surface area contributed by atoms with Crippen molar-refractivity contribution in [1.82, 2.24) is 0 Å². The molecular formula is C10H22O2. The number of methoxy groups -OCH3 is 1. The van der Waals surface area contributed by atoms with Crippen LogP contribution in [0.2, 0.25) is 0 Å². The molecule has 0 bridgehead atoms. The Hall–Kier alpha value is -0.0800. The molecule has 0 amide bonds. The lowest BCUT2D eigenvalue weighted by atomic mass is 10.1. The minimum absolute atomic E-state index is 0.151. The molecule has 0 saturated heterocycles. The molecule has 1 N–H and O–H groups in total. The molecule has 0 aromatic heterocycles. The van der Waals surface area contributed by atoms with E-state index < -0.39 is 0 Å². The zero-order valence-corrected chi connectivity index (χ0v) is 8.38. The summed E-state index contributed by atoms with van der Waals surface area (Å²) in [5, 5.41) is 9.40. The third kappa shape index (κ3) is 8.02. The van der Waals surface area contributed by atoms with E-state index in [1.165, 1.54) is 19.3 Å². The Balaban J connectivity index is 3.02. The number of rotatable bonds is 8. The van der Waals surface area contributed by atoms with Crippen molar-refractivity contribution in [2.75, 3.05) is 13.7 Å². The van der Waals surface area contributed by atoms with E-state index in [9.17, 15) is 5.11 Å². The molecule has 0 aliphatic rings. The van der Waals surface area contributed by atoms with Crippen molar-refractivity contribution in [2.45, 2.75) is 51.6 Å². The van der Waals surface area contributed by atoms with Gasteiger partial charge >= 0.3 is 0 Å². The van der Waals surface area contributed by atoms with Gasteiger partial charge in [-0.05, 0) is 12.8 Å². The van der Waals surface area contributed by atoms with Crippen LogP contribution in [0.5, 0.6) is 0 Å². The highest BCUT2D eigenvalue weighted by atomic mass is 16.5. The van der Waals surface area contributed by atoms with Crippen molar-refractivity contribution in [3.8, 4) is 0 Å². The second kappa shape index (κ2) is 9.01. The first kappa shape index (κ1) is 11.9.